The second-order valence-corrected chi connectivity index (χ2v) is 18.1. The number of carbonyl (C=O) groups excluding carboxylic acids is 7. The number of anilines is 1. The maximum absolute atomic E-state index is 14.0. The van der Waals surface area contributed by atoms with Crippen molar-refractivity contribution < 1.29 is 43.0 Å². The molecule has 8 amide bonds. The first-order valence-electron chi connectivity index (χ1n) is 24.7. The number of benzene rings is 2. The van der Waals surface area contributed by atoms with Gasteiger partial charge >= 0.3 is 12.1 Å². The maximum atomic E-state index is 14.0. The fourth-order valence-electron chi connectivity index (χ4n) is 8.10. The van der Waals surface area contributed by atoms with Crippen molar-refractivity contribution in [3.05, 3.63) is 127 Å². The molecule has 0 bridgehead atoms. The Bertz CT molecular complexity index is 2970. The van der Waals surface area contributed by atoms with Gasteiger partial charge in [0.15, 0.2) is 5.65 Å². The van der Waals surface area contributed by atoms with Gasteiger partial charge in [-0.3, -0.25) is 38.8 Å². The number of pyridine rings is 2. The quantitative estimate of drug-likeness (QED) is 0.0301. The first kappa shape index (κ1) is 53.8. The van der Waals surface area contributed by atoms with E-state index in [2.05, 4.69) is 36.3 Å². The molecule has 392 valence electrons. The van der Waals surface area contributed by atoms with Crippen molar-refractivity contribution in [2.75, 3.05) is 31.6 Å². The van der Waals surface area contributed by atoms with Gasteiger partial charge < -0.3 is 41.5 Å². The third kappa shape index (κ3) is 15.5. The number of hydrogen-bond acceptors (Lipinski definition) is 13. The summed E-state index contributed by atoms with van der Waals surface area (Å²) in [5, 5.41) is 15.2. The summed E-state index contributed by atoms with van der Waals surface area (Å²) in [6.45, 7) is 6.05. The van der Waals surface area contributed by atoms with Gasteiger partial charge in [-0.05, 0) is 92.6 Å². The highest BCUT2D eigenvalue weighted by Gasteiger charge is 2.29. The number of carbonyl (C=O) groups is 7. The molecule has 2 aromatic carbocycles. The summed E-state index contributed by atoms with van der Waals surface area (Å²) in [5.41, 5.74) is 10.4. The largest absolute Gasteiger partial charge is 0.492 e. The molecule has 22 nitrogen and oxygen atoms in total. The predicted octanol–water partition coefficient (Wildman–Crippen LogP) is 5.21. The summed E-state index contributed by atoms with van der Waals surface area (Å²) in [4.78, 5) is 109. The van der Waals surface area contributed by atoms with Crippen molar-refractivity contribution >= 4 is 53.0 Å². The lowest BCUT2D eigenvalue weighted by Crippen LogP contribution is -2.54. The van der Waals surface area contributed by atoms with Crippen LogP contribution in [0.25, 0.3) is 28.3 Å². The van der Waals surface area contributed by atoms with Crippen LogP contribution in [-0.4, -0.2) is 119 Å². The van der Waals surface area contributed by atoms with Gasteiger partial charge in [-0.1, -0.05) is 56.7 Å². The van der Waals surface area contributed by atoms with Gasteiger partial charge in [0.25, 0.3) is 11.8 Å². The molecule has 0 aliphatic carbocycles. The number of aryl methyl sites for hydroxylation is 1. The molecule has 75 heavy (non-hydrogen) atoms. The van der Waals surface area contributed by atoms with Gasteiger partial charge in [0.05, 0.1) is 30.2 Å². The number of unbranched alkanes of at least 4 members (excludes halogenated alkanes) is 2. The zero-order valence-corrected chi connectivity index (χ0v) is 42.0. The van der Waals surface area contributed by atoms with Gasteiger partial charge in [-0.25, -0.2) is 24.1 Å². The molecule has 2 atom stereocenters. The van der Waals surface area contributed by atoms with E-state index in [1.54, 1.807) is 42.6 Å². The van der Waals surface area contributed by atoms with Gasteiger partial charge in [-0.2, -0.15) is 5.10 Å². The lowest BCUT2D eigenvalue weighted by Gasteiger charge is -2.25. The number of nitrogens with one attached hydrogen (secondary N) is 5. The minimum absolute atomic E-state index is 0.0278. The van der Waals surface area contributed by atoms with Crippen LogP contribution in [0.3, 0.4) is 0 Å². The molecular weight excluding hydrogens is 963 g/mol. The van der Waals surface area contributed by atoms with E-state index in [9.17, 15) is 33.6 Å². The number of fused-ring (bicyclic) bond motifs is 1. The van der Waals surface area contributed by atoms with Crippen molar-refractivity contribution in [1.82, 2.24) is 55.3 Å². The Balaban J connectivity index is 0.977. The summed E-state index contributed by atoms with van der Waals surface area (Å²) in [6, 6.07) is 22.6. The van der Waals surface area contributed by atoms with Crippen molar-refractivity contribution in [2.24, 2.45) is 11.7 Å². The number of H-pyrrole nitrogens is 1. The minimum Gasteiger partial charge on any atom is -0.492 e. The van der Waals surface area contributed by atoms with E-state index in [1.165, 1.54) is 23.4 Å². The summed E-state index contributed by atoms with van der Waals surface area (Å²) in [5.74, 6) is -1.43. The van der Waals surface area contributed by atoms with Gasteiger partial charge in [0.1, 0.15) is 43.2 Å². The summed E-state index contributed by atoms with van der Waals surface area (Å²) >= 11 is 0. The average molecular weight is 1020 g/mol. The molecule has 7 N–H and O–H groups in total. The van der Waals surface area contributed by atoms with Crippen molar-refractivity contribution in [1.29, 1.82) is 0 Å². The lowest BCUT2D eigenvalue weighted by molar-refractivity contribution is -0.137. The van der Waals surface area contributed by atoms with Crippen LogP contribution < -0.4 is 31.7 Å². The number of hydrogen-bond donors (Lipinski definition) is 6. The van der Waals surface area contributed by atoms with E-state index in [1.807, 2.05) is 73.8 Å². The van der Waals surface area contributed by atoms with Crippen LogP contribution in [0.2, 0.25) is 0 Å². The molecule has 0 saturated heterocycles. The van der Waals surface area contributed by atoms with Crippen LogP contribution in [0.15, 0.2) is 110 Å². The highest BCUT2D eigenvalue weighted by Crippen LogP contribution is 2.30. The Hall–Kier alpha value is -8.95. The average Bonchev–Trinajstić information content (AvgIpc) is 4.14. The third-order valence-electron chi connectivity index (χ3n) is 12.1. The molecule has 0 spiro atoms. The molecule has 6 aromatic rings. The Morgan fingerprint density at radius 1 is 0.840 bits per heavy atom. The van der Waals surface area contributed by atoms with E-state index < -0.39 is 36.0 Å². The molecule has 0 fully saturated rings. The number of amides is 8. The molecule has 0 saturated carbocycles. The number of imide groups is 1. The van der Waals surface area contributed by atoms with Gasteiger partial charge in [0, 0.05) is 54.8 Å². The second kappa shape index (κ2) is 26.1. The van der Waals surface area contributed by atoms with Crippen molar-refractivity contribution in [3.8, 4) is 28.4 Å². The lowest BCUT2D eigenvalue weighted by atomic mass is 10.0. The smallest absolute Gasteiger partial charge is 0.410 e. The second-order valence-electron chi connectivity index (χ2n) is 18.1. The van der Waals surface area contributed by atoms with Crippen LogP contribution in [0.4, 0.5) is 15.3 Å². The summed E-state index contributed by atoms with van der Waals surface area (Å²) < 4.78 is 13.5. The first-order chi connectivity index (χ1) is 36.2. The molecule has 1 unspecified atom stereocenters. The predicted molar refractivity (Wildman–Crippen MR) is 276 cm³/mol. The monoisotopic (exact) mass is 1020 g/mol. The summed E-state index contributed by atoms with van der Waals surface area (Å²) in [6.07, 6.45) is 7.21. The molecule has 1 aliphatic rings. The highest BCUT2D eigenvalue weighted by molar-refractivity contribution is 6.12. The van der Waals surface area contributed by atoms with E-state index in [0.717, 1.165) is 16.2 Å². The molecule has 1 aliphatic heterocycles. The number of aromatic nitrogens is 6. The van der Waals surface area contributed by atoms with Crippen LogP contribution >= 0.6 is 0 Å². The fourth-order valence-corrected chi connectivity index (χ4v) is 8.10. The third-order valence-corrected chi connectivity index (χ3v) is 12.1. The van der Waals surface area contributed by atoms with Crippen LogP contribution in [-0.2, 0) is 41.9 Å². The number of primary amides is 1. The highest BCUT2D eigenvalue weighted by atomic mass is 16.6. The molecule has 22 heteroatoms. The number of nitrogens with zero attached hydrogens (tertiary/aromatic N) is 7. The maximum Gasteiger partial charge on any atom is 0.410 e. The minimum atomic E-state index is -1.07. The molecule has 0 radical (unpaired) electrons. The number of aromatic amines is 1. The van der Waals surface area contributed by atoms with Crippen LogP contribution in [0, 0.1) is 12.8 Å². The number of urea groups is 1. The Morgan fingerprint density at radius 3 is 2.35 bits per heavy atom. The van der Waals surface area contributed by atoms with Crippen LogP contribution in [0.5, 0.6) is 5.75 Å². The molecular formula is C53H61N13O9. The molecule has 5 heterocycles. The number of imidazole rings is 1. The van der Waals surface area contributed by atoms with Crippen molar-refractivity contribution in [3.63, 3.8) is 0 Å². The number of nitrogens with two attached hydrogens (primary N) is 1. The van der Waals surface area contributed by atoms with E-state index in [-0.39, 0.29) is 82.3 Å². The SMILES string of the molecule is Cc1cccc(-c2[nH]c(CN(CCOc3ccccc3)C(=O)OCc3ccc(NC(=O)C(CCCNC(N)=O)NC(=O)[C@@H](NC(=O)CCCCCN4C(=O)C=CC4=O)C(C)C)cc3)nc2-c2ccc3ncnn3c2)n1. The zero-order valence-electron chi connectivity index (χ0n) is 42.0. The number of rotatable bonds is 26. The topological polar surface area (TPSA) is 290 Å². The normalized spacial score (nSPS) is 12.9. The fraction of sp³-hybridized carbons (Fsp3) is 0.340. The Kier molecular flexibility index (Phi) is 18.8. The van der Waals surface area contributed by atoms with Gasteiger partial charge in [0.2, 0.25) is 17.7 Å². The van der Waals surface area contributed by atoms with Crippen molar-refractivity contribution in [2.45, 2.75) is 84.5 Å². The zero-order chi connectivity index (χ0) is 53.3. The number of ether oxygens (including phenoxy) is 2. The van der Waals surface area contributed by atoms with Gasteiger partial charge in [-0.15, -0.1) is 0 Å². The number of para-hydroxylation sites is 1. The van der Waals surface area contributed by atoms with E-state index in [0.29, 0.717) is 64.8 Å². The van der Waals surface area contributed by atoms with E-state index in [4.69, 9.17) is 25.2 Å². The molecule has 4 aromatic heterocycles. The first-order valence-corrected chi connectivity index (χ1v) is 24.7. The van der Waals surface area contributed by atoms with Crippen LogP contribution in [0.1, 0.15) is 69.5 Å². The molecule has 7 rings (SSSR count). The standard InChI is InChI=1S/C53H61N13O9/c1-34(2)47(63-44(67)17-8-5-9-27-65-45(68)24-25-46(65)69)51(71)60-41(16-11-26-55-52(54)72)50(70)59-38-21-18-36(19-22-38)32-75-53(73)64(28-29-74-39-13-6-4-7-14-39)31-42-61-48(37-20-23-43-56-33-57-66(43)30-37)49(62-42)40-15-10-12-35(3)58-40/h4,6-7,10,12-15,18-25,30,33-34,41,47H,5,8-9,11,16-17,26-29,31-32H2,1-3H3,(H,59,70)(H,60,71)(H,61,62)(H,63,67)(H3,54,55,72)/t41?,47-/m0/s1. The van der Waals surface area contributed by atoms with E-state index >= 15 is 0 Å². The Morgan fingerprint density at radius 2 is 1.61 bits per heavy atom. The Labute approximate surface area is 432 Å². The summed E-state index contributed by atoms with van der Waals surface area (Å²) in [7, 11) is 0.